The highest BCUT2D eigenvalue weighted by Crippen LogP contribution is 2.19. The van der Waals surface area contributed by atoms with Crippen LogP contribution in [0.5, 0.6) is 5.75 Å². The van der Waals surface area contributed by atoms with Crippen LogP contribution < -0.4 is 15.8 Å². The summed E-state index contributed by atoms with van der Waals surface area (Å²) in [4.78, 5) is 11.4. The minimum absolute atomic E-state index is 0.0553. The van der Waals surface area contributed by atoms with Gasteiger partial charge in [-0.25, -0.2) is 8.42 Å². The van der Waals surface area contributed by atoms with Gasteiger partial charge in [-0.05, 0) is 18.6 Å². The second-order valence-corrected chi connectivity index (χ2v) is 6.42. The summed E-state index contributed by atoms with van der Waals surface area (Å²) in [7, 11) is -2.98. The number of ether oxygens (including phenoxy) is 1. The number of nitrogens with one attached hydrogen (secondary N) is 1. The number of amides is 1. The normalized spacial score (nSPS) is 11.0. The van der Waals surface area contributed by atoms with E-state index >= 15 is 0 Å². The van der Waals surface area contributed by atoms with Crippen molar-refractivity contribution in [3.8, 4) is 5.75 Å². The van der Waals surface area contributed by atoms with E-state index in [0.29, 0.717) is 24.4 Å². The number of para-hydroxylation sites is 2. The number of carbonyl (C=O) groups is 1. The number of sulfone groups is 1. The van der Waals surface area contributed by atoms with Crippen LogP contribution in [0.4, 0.5) is 5.69 Å². The molecule has 0 radical (unpaired) electrons. The highest BCUT2D eigenvalue weighted by atomic mass is 32.2. The topological polar surface area (TPSA) is 98.5 Å². The molecule has 0 saturated carbocycles. The molecular formula is C12H18N2O4S. The van der Waals surface area contributed by atoms with Gasteiger partial charge < -0.3 is 15.8 Å². The third-order valence-electron chi connectivity index (χ3n) is 2.29. The van der Waals surface area contributed by atoms with Gasteiger partial charge in [0, 0.05) is 12.8 Å². The van der Waals surface area contributed by atoms with E-state index in [1.54, 1.807) is 24.3 Å². The number of benzene rings is 1. The van der Waals surface area contributed by atoms with Crippen LogP contribution in [-0.2, 0) is 14.6 Å². The fourth-order valence-electron chi connectivity index (χ4n) is 1.37. The Kier molecular flexibility index (Phi) is 5.62. The maximum atomic E-state index is 11.4. The fourth-order valence-corrected chi connectivity index (χ4v) is 2.04. The van der Waals surface area contributed by atoms with Crippen LogP contribution in [0.3, 0.4) is 0 Å². The number of carbonyl (C=O) groups excluding carboxylic acids is 1. The molecule has 7 heteroatoms. The Morgan fingerprint density at radius 2 is 2.05 bits per heavy atom. The van der Waals surface area contributed by atoms with Gasteiger partial charge in [-0.3, -0.25) is 4.79 Å². The van der Waals surface area contributed by atoms with Crippen molar-refractivity contribution in [2.24, 2.45) is 0 Å². The van der Waals surface area contributed by atoms with Gasteiger partial charge in [-0.15, -0.1) is 0 Å². The van der Waals surface area contributed by atoms with Crippen molar-refractivity contribution in [2.45, 2.75) is 6.42 Å². The Labute approximate surface area is 112 Å². The van der Waals surface area contributed by atoms with Crippen molar-refractivity contribution < 1.29 is 17.9 Å². The fraction of sp³-hybridized carbons (Fsp3) is 0.417. The predicted molar refractivity (Wildman–Crippen MR) is 73.7 cm³/mol. The quantitative estimate of drug-likeness (QED) is 0.551. The molecule has 0 unspecified atom stereocenters. The van der Waals surface area contributed by atoms with E-state index in [1.165, 1.54) is 0 Å². The molecule has 1 amide bonds. The summed E-state index contributed by atoms with van der Waals surface area (Å²) < 4.78 is 27.0. The van der Waals surface area contributed by atoms with E-state index < -0.39 is 9.84 Å². The van der Waals surface area contributed by atoms with Gasteiger partial charge in [0.05, 0.1) is 11.4 Å². The minimum atomic E-state index is -2.98. The smallest absolute Gasteiger partial charge is 0.257 e. The average Bonchev–Trinajstić information content (AvgIpc) is 2.32. The van der Waals surface area contributed by atoms with E-state index in [-0.39, 0.29) is 18.3 Å². The lowest BCUT2D eigenvalue weighted by Crippen LogP contribution is -2.30. The molecule has 1 aromatic rings. The first-order valence-electron chi connectivity index (χ1n) is 5.80. The summed E-state index contributed by atoms with van der Waals surface area (Å²) in [6, 6.07) is 6.88. The Hall–Kier alpha value is -1.76. The third kappa shape index (κ3) is 6.66. The van der Waals surface area contributed by atoms with Gasteiger partial charge in [0.15, 0.2) is 6.61 Å². The summed E-state index contributed by atoms with van der Waals surface area (Å²) in [5, 5.41) is 2.58. The molecule has 0 atom stereocenters. The van der Waals surface area contributed by atoms with Gasteiger partial charge in [0.1, 0.15) is 15.6 Å². The maximum absolute atomic E-state index is 11.4. The first kappa shape index (κ1) is 15.3. The molecule has 0 aliphatic heterocycles. The van der Waals surface area contributed by atoms with Gasteiger partial charge in [-0.1, -0.05) is 12.1 Å². The predicted octanol–water partition coefficient (Wildman–Crippen LogP) is 0.199. The lowest BCUT2D eigenvalue weighted by Gasteiger charge is -2.08. The number of nitrogens with two attached hydrogens (primary N) is 1. The molecule has 3 N–H and O–H groups in total. The first-order chi connectivity index (χ1) is 8.88. The van der Waals surface area contributed by atoms with Crippen molar-refractivity contribution in [2.75, 3.05) is 30.9 Å². The molecule has 1 aromatic carbocycles. The number of hydrogen-bond donors (Lipinski definition) is 2. The molecule has 0 aliphatic carbocycles. The zero-order valence-electron chi connectivity index (χ0n) is 10.8. The highest BCUT2D eigenvalue weighted by molar-refractivity contribution is 7.90. The minimum Gasteiger partial charge on any atom is -0.482 e. The maximum Gasteiger partial charge on any atom is 0.257 e. The highest BCUT2D eigenvalue weighted by Gasteiger charge is 2.05. The van der Waals surface area contributed by atoms with Crippen LogP contribution in [0.15, 0.2) is 24.3 Å². The Balaban J connectivity index is 2.24. The van der Waals surface area contributed by atoms with E-state index in [9.17, 15) is 13.2 Å². The molecule has 0 saturated heterocycles. The molecular weight excluding hydrogens is 268 g/mol. The molecule has 0 aliphatic rings. The lowest BCUT2D eigenvalue weighted by molar-refractivity contribution is -0.123. The zero-order valence-corrected chi connectivity index (χ0v) is 11.6. The monoisotopic (exact) mass is 286 g/mol. The summed E-state index contributed by atoms with van der Waals surface area (Å²) in [6.45, 7) is 0.159. The van der Waals surface area contributed by atoms with E-state index in [0.717, 1.165) is 6.26 Å². The molecule has 19 heavy (non-hydrogen) atoms. The molecule has 0 heterocycles. The standard InChI is InChI=1S/C12H18N2O4S/c1-19(16,17)8-4-7-14-12(15)9-18-11-6-3-2-5-10(11)13/h2-3,5-6H,4,7-9,13H2,1H3,(H,14,15). The Bertz CT molecular complexity index is 528. The molecule has 6 nitrogen and oxygen atoms in total. The van der Waals surface area contributed by atoms with Crippen molar-refractivity contribution in [3.05, 3.63) is 24.3 Å². The molecule has 0 fully saturated rings. The molecule has 1 rings (SSSR count). The SMILES string of the molecule is CS(=O)(=O)CCCNC(=O)COc1ccccc1N. The summed E-state index contributed by atoms with van der Waals surface area (Å²) in [6.07, 6.45) is 1.55. The van der Waals surface area contributed by atoms with Crippen molar-refractivity contribution in [1.82, 2.24) is 5.32 Å². The first-order valence-corrected chi connectivity index (χ1v) is 7.86. The zero-order chi connectivity index (χ0) is 14.3. The molecule has 106 valence electrons. The number of hydrogen-bond acceptors (Lipinski definition) is 5. The summed E-state index contributed by atoms with van der Waals surface area (Å²) in [5.74, 6) is 0.199. The third-order valence-corrected chi connectivity index (χ3v) is 3.32. The van der Waals surface area contributed by atoms with E-state index in [4.69, 9.17) is 10.5 Å². The molecule has 0 aromatic heterocycles. The number of anilines is 1. The van der Waals surface area contributed by atoms with E-state index in [1.807, 2.05) is 0 Å². The van der Waals surface area contributed by atoms with Crippen LogP contribution in [0.1, 0.15) is 6.42 Å². The van der Waals surface area contributed by atoms with Gasteiger partial charge in [-0.2, -0.15) is 0 Å². The molecule has 0 bridgehead atoms. The average molecular weight is 286 g/mol. The summed E-state index contributed by atoms with van der Waals surface area (Å²) >= 11 is 0. The largest absolute Gasteiger partial charge is 0.482 e. The summed E-state index contributed by atoms with van der Waals surface area (Å²) in [5.41, 5.74) is 6.12. The van der Waals surface area contributed by atoms with Crippen LogP contribution in [0, 0.1) is 0 Å². The lowest BCUT2D eigenvalue weighted by atomic mass is 10.3. The van der Waals surface area contributed by atoms with Crippen LogP contribution in [0.25, 0.3) is 0 Å². The van der Waals surface area contributed by atoms with Gasteiger partial charge in [0.2, 0.25) is 0 Å². The Morgan fingerprint density at radius 1 is 1.37 bits per heavy atom. The van der Waals surface area contributed by atoms with Gasteiger partial charge in [0.25, 0.3) is 5.91 Å². The van der Waals surface area contributed by atoms with Crippen LogP contribution in [0.2, 0.25) is 0 Å². The number of nitrogen functional groups attached to an aromatic ring is 1. The van der Waals surface area contributed by atoms with Gasteiger partial charge >= 0.3 is 0 Å². The van der Waals surface area contributed by atoms with Crippen molar-refractivity contribution in [1.29, 1.82) is 0 Å². The van der Waals surface area contributed by atoms with E-state index in [2.05, 4.69) is 5.32 Å². The van der Waals surface area contributed by atoms with Crippen molar-refractivity contribution >= 4 is 21.4 Å². The Morgan fingerprint density at radius 3 is 2.68 bits per heavy atom. The van der Waals surface area contributed by atoms with Crippen LogP contribution >= 0.6 is 0 Å². The second-order valence-electron chi connectivity index (χ2n) is 4.16. The van der Waals surface area contributed by atoms with Crippen molar-refractivity contribution in [3.63, 3.8) is 0 Å². The second kappa shape index (κ2) is 6.98. The molecule has 0 spiro atoms. The van der Waals surface area contributed by atoms with Crippen LogP contribution in [-0.4, -0.2) is 39.5 Å². The number of rotatable bonds is 7.